The maximum absolute atomic E-state index is 12.8. The van der Waals surface area contributed by atoms with Crippen LogP contribution in [-0.2, 0) is 30.8 Å². The average molecular weight is 517 g/mol. The molecule has 0 fully saturated rings. The number of carbonyl (C=O) groups excluding carboxylic acids is 3. The molecule has 2 N–H and O–H groups in total. The maximum Gasteiger partial charge on any atom is 0.514 e. The van der Waals surface area contributed by atoms with Gasteiger partial charge in [0.1, 0.15) is 23.0 Å². The number of aromatic amines is 1. The lowest BCUT2D eigenvalue weighted by Crippen LogP contribution is -2.45. The van der Waals surface area contributed by atoms with Crippen LogP contribution in [0.2, 0.25) is 0 Å². The van der Waals surface area contributed by atoms with Crippen molar-refractivity contribution in [1.29, 1.82) is 0 Å². The zero-order valence-corrected chi connectivity index (χ0v) is 23.4. The molecular formula is C28H40N2O7. The quantitative estimate of drug-likeness (QED) is 0.193. The summed E-state index contributed by atoms with van der Waals surface area (Å²) in [4.78, 5) is 40.9. The first-order chi connectivity index (χ1) is 17.0. The Kier molecular flexibility index (Phi) is 9.06. The predicted octanol–water partition coefficient (Wildman–Crippen LogP) is 5.94. The van der Waals surface area contributed by atoms with E-state index in [1.165, 1.54) is 0 Å². The molecule has 1 heterocycles. The summed E-state index contributed by atoms with van der Waals surface area (Å²) in [6, 6.07) is 4.13. The number of hydrogen-bond donors (Lipinski definition) is 2. The van der Waals surface area contributed by atoms with Crippen LogP contribution in [0.1, 0.15) is 73.6 Å². The van der Waals surface area contributed by atoms with Crippen LogP contribution in [0, 0.1) is 0 Å². The lowest BCUT2D eigenvalue weighted by Gasteiger charge is -2.25. The SMILES string of the molecule is C=CC(C)(C)c1[nH]c2cc(OC(=O)OC(C)(C)C)ccc2c1CC(NC(=O)OC(C)(C)C)C(=O)OCC. The fourth-order valence-electron chi connectivity index (χ4n) is 3.62. The Balaban J connectivity index is 2.50. The van der Waals surface area contributed by atoms with E-state index in [2.05, 4.69) is 16.9 Å². The first kappa shape index (κ1) is 29.7. The second kappa shape index (κ2) is 11.3. The van der Waals surface area contributed by atoms with Gasteiger partial charge in [0.05, 0.1) is 6.61 Å². The van der Waals surface area contributed by atoms with Crippen molar-refractivity contribution in [3.05, 3.63) is 42.1 Å². The predicted molar refractivity (Wildman–Crippen MR) is 142 cm³/mol. The van der Waals surface area contributed by atoms with Crippen LogP contribution in [0.3, 0.4) is 0 Å². The van der Waals surface area contributed by atoms with E-state index in [1.54, 1.807) is 72.7 Å². The lowest BCUT2D eigenvalue weighted by molar-refractivity contribution is -0.145. The number of rotatable bonds is 8. The van der Waals surface area contributed by atoms with Crippen LogP contribution in [0.4, 0.5) is 9.59 Å². The van der Waals surface area contributed by atoms with E-state index in [0.29, 0.717) is 11.3 Å². The van der Waals surface area contributed by atoms with Gasteiger partial charge in [0.2, 0.25) is 0 Å². The molecule has 1 unspecified atom stereocenters. The third-order valence-corrected chi connectivity index (χ3v) is 5.29. The van der Waals surface area contributed by atoms with Crippen molar-refractivity contribution in [2.45, 2.75) is 91.4 Å². The molecule has 1 aromatic carbocycles. The van der Waals surface area contributed by atoms with Crippen molar-refractivity contribution in [3.63, 3.8) is 0 Å². The molecule has 2 aromatic rings. The summed E-state index contributed by atoms with van der Waals surface area (Å²) in [6.45, 7) is 20.3. The van der Waals surface area contributed by atoms with Crippen LogP contribution < -0.4 is 10.1 Å². The zero-order valence-electron chi connectivity index (χ0n) is 23.4. The van der Waals surface area contributed by atoms with Gasteiger partial charge in [0.25, 0.3) is 0 Å². The minimum Gasteiger partial charge on any atom is -0.464 e. The van der Waals surface area contributed by atoms with Crippen molar-refractivity contribution in [2.24, 2.45) is 0 Å². The Morgan fingerprint density at radius 1 is 1.03 bits per heavy atom. The van der Waals surface area contributed by atoms with Crippen LogP contribution in [0.25, 0.3) is 10.9 Å². The van der Waals surface area contributed by atoms with E-state index in [0.717, 1.165) is 16.6 Å². The van der Waals surface area contributed by atoms with E-state index < -0.39 is 40.9 Å². The second-order valence-electron chi connectivity index (χ2n) is 11.3. The number of ether oxygens (including phenoxy) is 4. The molecule has 2 rings (SSSR count). The summed E-state index contributed by atoms with van der Waals surface area (Å²) >= 11 is 0. The fourth-order valence-corrected chi connectivity index (χ4v) is 3.62. The van der Waals surface area contributed by atoms with Gasteiger partial charge in [-0.15, -0.1) is 6.58 Å². The number of aromatic nitrogens is 1. The molecule has 9 nitrogen and oxygen atoms in total. The molecule has 0 radical (unpaired) electrons. The minimum absolute atomic E-state index is 0.136. The number of H-pyrrole nitrogens is 1. The number of allylic oxidation sites excluding steroid dienone is 1. The van der Waals surface area contributed by atoms with Gasteiger partial charge in [-0.1, -0.05) is 19.9 Å². The maximum atomic E-state index is 12.8. The van der Waals surface area contributed by atoms with Gasteiger partial charge < -0.3 is 29.2 Å². The third kappa shape index (κ3) is 8.55. The Morgan fingerprint density at radius 3 is 2.19 bits per heavy atom. The summed E-state index contributed by atoms with van der Waals surface area (Å²) in [7, 11) is 0. The number of esters is 1. The zero-order chi connectivity index (χ0) is 28.2. The minimum atomic E-state index is -0.995. The topological polar surface area (TPSA) is 116 Å². The van der Waals surface area contributed by atoms with Gasteiger partial charge in [-0.3, -0.25) is 0 Å². The number of amides is 1. The van der Waals surface area contributed by atoms with Crippen LogP contribution in [-0.4, -0.2) is 47.1 Å². The van der Waals surface area contributed by atoms with E-state index in [1.807, 2.05) is 13.8 Å². The Labute approximate surface area is 218 Å². The molecule has 1 aromatic heterocycles. The molecule has 1 amide bonds. The molecular weight excluding hydrogens is 476 g/mol. The molecule has 0 aliphatic rings. The van der Waals surface area contributed by atoms with Crippen molar-refractivity contribution >= 4 is 29.1 Å². The highest BCUT2D eigenvalue weighted by atomic mass is 16.7. The van der Waals surface area contributed by atoms with Crippen molar-refractivity contribution < 1.29 is 33.3 Å². The van der Waals surface area contributed by atoms with E-state index >= 15 is 0 Å². The van der Waals surface area contributed by atoms with E-state index in [-0.39, 0.29) is 13.0 Å². The van der Waals surface area contributed by atoms with E-state index in [9.17, 15) is 14.4 Å². The van der Waals surface area contributed by atoms with Gasteiger partial charge in [-0.2, -0.15) is 0 Å². The van der Waals surface area contributed by atoms with Crippen LogP contribution in [0.5, 0.6) is 5.75 Å². The van der Waals surface area contributed by atoms with Crippen molar-refractivity contribution in [2.75, 3.05) is 6.61 Å². The average Bonchev–Trinajstić information content (AvgIpc) is 3.09. The highest BCUT2D eigenvalue weighted by molar-refractivity contribution is 5.89. The molecule has 204 valence electrons. The van der Waals surface area contributed by atoms with Crippen molar-refractivity contribution in [1.82, 2.24) is 10.3 Å². The Bertz CT molecular complexity index is 1150. The van der Waals surface area contributed by atoms with Gasteiger partial charge in [0.15, 0.2) is 0 Å². The molecule has 0 spiro atoms. The number of fused-ring (bicyclic) bond motifs is 1. The molecule has 0 bridgehead atoms. The van der Waals surface area contributed by atoms with Crippen LogP contribution >= 0.6 is 0 Å². The molecule has 0 aliphatic carbocycles. The summed E-state index contributed by atoms with van der Waals surface area (Å²) < 4.78 is 21.2. The molecule has 0 aliphatic heterocycles. The lowest BCUT2D eigenvalue weighted by atomic mass is 9.85. The molecule has 9 heteroatoms. The highest BCUT2D eigenvalue weighted by Gasteiger charge is 2.31. The van der Waals surface area contributed by atoms with Crippen molar-refractivity contribution in [3.8, 4) is 5.75 Å². The summed E-state index contributed by atoms with van der Waals surface area (Å²) in [5.74, 6) is -0.277. The first-order valence-corrected chi connectivity index (χ1v) is 12.3. The first-order valence-electron chi connectivity index (χ1n) is 12.3. The van der Waals surface area contributed by atoms with E-state index in [4.69, 9.17) is 18.9 Å². The smallest absolute Gasteiger partial charge is 0.464 e. The molecule has 37 heavy (non-hydrogen) atoms. The summed E-state index contributed by atoms with van der Waals surface area (Å²) in [6.07, 6.45) is 0.397. The Morgan fingerprint density at radius 2 is 1.65 bits per heavy atom. The number of benzene rings is 1. The molecule has 0 saturated heterocycles. The number of carbonyl (C=O) groups is 3. The number of hydrogen-bond acceptors (Lipinski definition) is 7. The van der Waals surface area contributed by atoms with Gasteiger partial charge in [-0.25, -0.2) is 14.4 Å². The second-order valence-corrected chi connectivity index (χ2v) is 11.3. The third-order valence-electron chi connectivity index (χ3n) is 5.29. The monoisotopic (exact) mass is 516 g/mol. The summed E-state index contributed by atoms with van der Waals surface area (Å²) in [5.41, 5.74) is 0.340. The summed E-state index contributed by atoms with van der Waals surface area (Å²) in [5, 5.41) is 3.45. The molecule has 1 atom stereocenters. The molecule has 0 saturated carbocycles. The number of alkyl carbamates (subject to hydrolysis) is 1. The highest BCUT2D eigenvalue weighted by Crippen LogP contribution is 2.35. The fraction of sp³-hybridized carbons (Fsp3) is 0.536. The largest absolute Gasteiger partial charge is 0.514 e. The van der Waals surface area contributed by atoms with Crippen LogP contribution in [0.15, 0.2) is 30.9 Å². The standard InChI is InChI=1S/C28H40N2O7/c1-11-28(9,10)22-19(16-21(23(31)34-12-2)30-24(32)36-26(3,4)5)18-14-13-17(15-20(18)29-22)35-25(33)37-27(6,7)8/h11,13-15,21,29H,1,12,16H2,2-10H3,(H,30,32). The van der Waals surface area contributed by atoms with Gasteiger partial charge in [-0.05, 0) is 66.2 Å². The van der Waals surface area contributed by atoms with Gasteiger partial charge in [0, 0.05) is 34.5 Å². The Hall–Kier alpha value is -3.49. The number of nitrogens with one attached hydrogen (secondary N) is 2. The van der Waals surface area contributed by atoms with Gasteiger partial charge >= 0.3 is 18.2 Å². The normalized spacial score (nSPS) is 13.0.